The van der Waals surface area contributed by atoms with Crippen LogP contribution in [0.15, 0.2) is 55.1 Å². The average molecular weight is 513 g/mol. The molecule has 12 nitrogen and oxygen atoms in total. The van der Waals surface area contributed by atoms with Gasteiger partial charge in [-0.15, -0.1) is 0 Å². The number of allylic oxidation sites excluding steroid dienone is 1. The van der Waals surface area contributed by atoms with Gasteiger partial charge in [0, 0.05) is 12.5 Å². The third-order valence-corrected chi connectivity index (χ3v) is 7.64. The molecule has 13 heteroatoms. The van der Waals surface area contributed by atoms with Crippen molar-refractivity contribution in [1.82, 2.24) is 24.6 Å². The topological polar surface area (TPSA) is 161 Å². The number of hydrogen-bond donors (Lipinski definition) is 2. The minimum atomic E-state index is -4.20. The maximum atomic E-state index is 13.4. The number of hydrogen-bond acceptors (Lipinski definition) is 10. The number of hydroxylamine groups is 2. The van der Waals surface area contributed by atoms with Crippen molar-refractivity contribution >= 4 is 30.7 Å². The number of anilines is 1. The molecule has 5 rings (SSSR count). The van der Waals surface area contributed by atoms with Gasteiger partial charge in [-0.1, -0.05) is 42.5 Å². The summed E-state index contributed by atoms with van der Waals surface area (Å²) in [5, 5.41) is 1.54. The molecular weight excluding hydrogens is 485 g/mol. The van der Waals surface area contributed by atoms with E-state index in [1.807, 2.05) is 47.1 Å². The predicted molar refractivity (Wildman–Crippen MR) is 131 cm³/mol. The van der Waals surface area contributed by atoms with Crippen LogP contribution in [0.2, 0.25) is 0 Å². The van der Waals surface area contributed by atoms with Crippen LogP contribution in [0.5, 0.6) is 0 Å². The van der Waals surface area contributed by atoms with E-state index in [4.69, 9.17) is 25.1 Å². The number of carbonyl (C=O) groups is 1. The minimum Gasteiger partial charge on any atom is -0.382 e. The molecule has 0 saturated carbocycles. The third kappa shape index (κ3) is 4.42. The van der Waals surface area contributed by atoms with E-state index in [-0.39, 0.29) is 18.6 Å². The zero-order chi connectivity index (χ0) is 25.3. The van der Waals surface area contributed by atoms with Crippen LogP contribution in [0.4, 0.5) is 5.82 Å². The minimum absolute atomic E-state index is 0.0180. The third-order valence-electron chi connectivity index (χ3n) is 6.71. The molecule has 0 radical (unpaired) electrons. The van der Waals surface area contributed by atoms with E-state index < -0.39 is 19.3 Å². The monoisotopic (exact) mass is 513 g/mol. The standard InChI is InChI=1S/C23H28N7O5P/c1-33-30-11-5-10-23(30,17-6-3-2-4-7-17)22(31)35-36(25,32)34-13-16-8-9-18(12-16)29-15-28-19-20(24)26-14-27-21(19)29/h2-4,6-9,14-16,18H,5,10-13H2,1H3,(H2,25,32)(H2,24,26,27)/t16-,18+,23+,36?/m0/s1. The number of benzene rings is 1. The Hall–Kier alpha value is -3.15. The normalized spacial score (nSPS) is 25.8. The first kappa shape index (κ1) is 24.5. The number of carbonyl (C=O) groups excluding carboxylic acids is 1. The molecule has 2 aliphatic rings. The van der Waals surface area contributed by atoms with Gasteiger partial charge in [-0.3, -0.25) is 4.52 Å². The summed E-state index contributed by atoms with van der Waals surface area (Å²) in [4.78, 5) is 31.4. The summed E-state index contributed by atoms with van der Waals surface area (Å²) in [5.74, 6) is -0.554. The maximum Gasteiger partial charge on any atom is 0.458 e. The highest BCUT2D eigenvalue weighted by atomic mass is 31.2. The van der Waals surface area contributed by atoms with E-state index in [1.165, 1.54) is 13.4 Å². The Balaban J connectivity index is 1.24. The second kappa shape index (κ2) is 9.72. The van der Waals surface area contributed by atoms with Crippen LogP contribution in [0.25, 0.3) is 11.2 Å². The average Bonchev–Trinajstić information content (AvgIpc) is 3.61. The van der Waals surface area contributed by atoms with Crippen LogP contribution in [-0.4, -0.2) is 50.8 Å². The Morgan fingerprint density at radius 1 is 1.22 bits per heavy atom. The van der Waals surface area contributed by atoms with Crippen molar-refractivity contribution in [3.05, 3.63) is 60.7 Å². The molecule has 190 valence electrons. The Kier molecular flexibility index (Phi) is 6.62. The molecule has 1 saturated heterocycles. The highest BCUT2D eigenvalue weighted by molar-refractivity contribution is 7.51. The Labute approximate surface area is 207 Å². The molecule has 3 heterocycles. The summed E-state index contributed by atoms with van der Waals surface area (Å²) in [6, 6.07) is 9.06. The first-order valence-electron chi connectivity index (χ1n) is 11.6. The number of aromatic nitrogens is 4. The van der Waals surface area contributed by atoms with Gasteiger partial charge in [0.15, 0.2) is 17.0 Å². The van der Waals surface area contributed by atoms with E-state index in [0.717, 1.165) is 0 Å². The molecule has 4 atom stereocenters. The first-order valence-corrected chi connectivity index (χ1v) is 13.2. The summed E-state index contributed by atoms with van der Waals surface area (Å²) in [6.07, 6.45) is 8.75. The second-order valence-corrected chi connectivity index (χ2v) is 10.4. The number of imidazole rings is 1. The van der Waals surface area contributed by atoms with Crippen LogP contribution in [0.3, 0.4) is 0 Å². The maximum absolute atomic E-state index is 13.4. The molecule has 1 aromatic carbocycles. The van der Waals surface area contributed by atoms with Crippen LogP contribution in [0.1, 0.15) is 30.9 Å². The molecule has 2 aromatic heterocycles. The summed E-state index contributed by atoms with van der Waals surface area (Å²) < 4.78 is 25.7. The van der Waals surface area contributed by atoms with Crippen molar-refractivity contribution in [2.75, 3.05) is 26.0 Å². The molecule has 0 bridgehead atoms. The van der Waals surface area contributed by atoms with Gasteiger partial charge in [0.1, 0.15) is 11.8 Å². The fourth-order valence-electron chi connectivity index (χ4n) is 4.98. The number of fused-ring (bicyclic) bond motifs is 1. The molecular formula is C23H28N7O5P. The van der Waals surface area contributed by atoms with Crippen LogP contribution >= 0.6 is 7.75 Å². The van der Waals surface area contributed by atoms with Gasteiger partial charge in [0.05, 0.1) is 26.1 Å². The molecule has 0 spiro atoms. The van der Waals surface area contributed by atoms with E-state index >= 15 is 0 Å². The Bertz CT molecular complexity index is 1330. The molecule has 4 N–H and O–H groups in total. The lowest BCUT2D eigenvalue weighted by Gasteiger charge is -2.35. The molecule has 0 amide bonds. The largest absolute Gasteiger partial charge is 0.458 e. The molecule has 1 aliphatic carbocycles. The van der Waals surface area contributed by atoms with Crippen molar-refractivity contribution in [2.24, 2.45) is 11.4 Å². The van der Waals surface area contributed by atoms with Crippen molar-refractivity contribution in [3.8, 4) is 0 Å². The lowest BCUT2D eigenvalue weighted by Crippen LogP contribution is -2.48. The number of nitrogens with zero attached hydrogens (tertiary/aromatic N) is 5. The van der Waals surface area contributed by atoms with Gasteiger partial charge in [0.25, 0.3) is 0 Å². The zero-order valence-corrected chi connectivity index (χ0v) is 20.7. The van der Waals surface area contributed by atoms with Crippen molar-refractivity contribution < 1.29 is 23.2 Å². The van der Waals surface area contributed by atoms with E-state index in [2.05, 4.69) is 15.0 Å². The Morgan fingerprint density at radius 3 is 2.81 bits per heavy atom. The van der Waals surface area contributed by atoms with E-state index in [0.29, 0.717) is 48.4 Å². The molecule has 1 fully saturated rings. The number of rotatable bonds is 8. The van der Waals surface area contributed by atoms with Crippen LogP contribution in [-0.2, 0) is 28.8 Å². The quantitative estimate of drug-likeness (QED) is 0.336. The fourth-order valence-corrected chi connectivity index (χ4v) is 5.81. The summed E-state index contributed by atoms with van der Waals surface area (Å²) >= 11 is 0. The van der Waals surface area contributed by atoms with Crippen molar-refractivity contribution in [3.63, 3.8) is 0 Å². The molecule has 3 aromatic rings. The highest BCUT2D eigenvalue weighted by Crippen LogP contribution is 2.47. The zero-order valence-electron chi connectivity index (χ0n) is 19.8. The van der Waals surface area contributed by atoms with Crippen molar-refractivity contribution in [2.45, 2.75) is 30.8 Å². The lowest BCUT2D eigenvalue weighted by atomic mass is 9.88. The van der Waals surface area contributed by atoms with Crippen molar-refractivity contribution in [1.29, 1.82) is 0 Å². The number of nitrogen functional groups attached to an aromatic ring is 1. The van der Waals surface area contributed by atoms with E-state index in [1.54, 1.807) is 11.4 Å². The van der Waals surface area contributed by atoms with E-state index in [9.17, 15) is 9.36 Å². The van der Waals surface area contributed by atoms with Crippen LogP contribution in [0, 0.1) is 5.92 Å². The highest BCUT2D eigenvalue weighted by Gasteiger charge is 2.53. The van der Waals surface area contributed by atoms with Gasteiger partial charge >= 0.3 is 13.7 Å². The predicted octanol–water partition coefficient (Wildman–Crippen LogP) is 2.71. The fraction of sp³-hybridized carbons (Fsp3) is 0.391. The molecule has 1 unspecified atom stereocenters. The van der Waals surface area contributed by atoms with Gasteiger partial charge in [0.2, 0.25) is 0 Å². The molecule has 1 aliphatic heterocycles. The summed E-state index contributed by atoms with van der Waals surface area (Å²) in [7, 11) is -2.71. The Morgan fingerprint density at radius 2 is 2.03 bits per heavy atom. The smallest absolute Gasteiger partial charge is 0.382 e. The summed E-state index contributed by atoms with van der Waals surface area (Å²) in [5.41, 5.74) is 12.3. The van der Waals surface area contributed by atoms with Gasteiger partial charge in [-0.05, 0) is 24.8 Å². The van der Waals surface area contributed by atoms with Gasteiger partial charge in [-0.2, -0.15) is 5.06 Å². The SMILES string of the molecule is CON1CCC[C@]1(C(=O)OP(N)(=O)OC[C@H]1C=C[C@@H](n2cnc3c(N)ncnc32)C1)c1ccccc1. The number of nitrogens with two attached hydrogens (primary N) is 2. The first-order chi connectivity index (χ1) is 17.3. The van der Waals surface area contributed by atoms with Gasteiger partial charge in [-0.25, -0.2) is 29.8 Å². The summed E-state index contributed by atoms with van der Waals surface area (Å²) in [6.45, 7) is 0.536. The molecule has 36 heavy (non-hydrogen) atoms. The second-order valence-electron chi connectivity index (χ2n) is 8.86. The van der Waals surface area contributed by atoms with Crippen LogP contribution < -0.4 is 11.2 Å². The lowest BCUT2D eigenvalue weighted by molar-refractivity contribution is -0.201. The van der Waals surface area contributed by atoms with Gasteiger partial charge < -0.3 is 19.7 Å².